The molecule has 0 atom stereocenters. The lowest BCUT2D eigenvalue weighted by molar-refractivity contribution is 0.0949. The highest BCUT2D eigenvalue weighted by Gasteiger charge is 2.09. The van der Waals surface area contributed by atoms with Crippen LogP contribution in [0, 0.1) is 0 Å². The summed E-state index contributed by atoms with van der Waals surface area (Å²) in [5, 5.41) is 5.61. The molecular formula is C16H24Cl2N4OS. The van der Waals surface area contributed by atoms with Gasteiger partial charge in [0.2, 0.25) is 0 Å². The highest BCUT2D eigenvalue weighted by Crippen LogP contribution is 2.11. The zero-order valence-electron chi connectivity index (χ0n) is 13.6. The van der Waals surface area contributed by atoms with Crippen LogP contribution in [0.1, 0.15) is 21.9 Å². The molecule has 1 aromatic heterocycles. The van der Waals surface area contributed by atoms with Crippen LogP contribution in [0.5, 0.6) is 0 Å². The molecule has 0 aliphatic rings. The van der Waals surface area contributed by atoms with Gasteiger partial charge < -0.3 is 16.0 Å². The fourth-order valence-electron chi connectivity index (χ4n) is 2.07. The summed E-state index contributed by atoms with van der Waals surface area (Å²) in [5.74, 6) is -0.109. The maximum Gasteiger partial charge on any atom is 0.270 e. The number of nitrogens with zero attached hydrogens (tertiary/aromatic N) is 2. The summed E-state index contributed by atoms with van der Waals surface area (Å²) < 4.78 is 0. The monoisotopic (exact) mass is 390 g/mol. The number of carbonyl (C=O) groups excluding carboxylic acids is 1. The summed E-state index contributed by atoms with van der Waals surface area (Å²) in [6.07, 6.45) is 1.61. The highest BCUT2D eigenvalue weighted by atomic mass is 35.5. The van der Waals surface area contributed by atoms with Crippen molar-refractivity contribution in [3.63, 3.8) is 0 Å². The van der Waals surface area contributed by atoms with Gasteiger partial charge in [0, 0.05) is 37.6 Å². The molecule has 1 heterocycles. The molecule has 8 heteroatoms. The van der Waals surface area contributed by atoms with Crippen molar-refractivity contribution in [2.24, 2.45) is 5.73 Å². The fourth-order valence-corrected chi connectivity index (χ4v) is 2.87. The average Bonchev–Trinajstić information content (AvgIpc) is 3.01. The lowest BCUT2D eigenvalue weighted by atomic mass is 10.3. The van der Waals surface area contributed by atoms with Gasteiger partial charge >= 0.3 is 0 Å². The van der Waals surface area contributed by atoms with Gasteiger partial charge in [-0.05, 0) is 25.1 Å². The molecule has 5 nitrogen and oxygen atoms in total. The van der Waals surface area contributed by atoms with Crippen molar-refractivity contribution >= 4 is 47.7 Å². The van der Waals surface area contributed by atoms with Crippen LogP contribution >= 0.6 is 36.2 Å². The maximum absolute atomic E-state index is 12.0. The molecule has 0 saturated carbocycles. The number of halogens is 2. The van der Waals surface area contributed by atoms with Crippen LogP contribution in [-0.4, -0.2) is 37.6 Å². The van der Waals surface area contributed by atoms with E-state index in [0.29, 0.717) is 18.8 Å². The van der Waals surface area contributed by atoms with Crippen LogP contribution in [0.2, 0.25) is 0 Å². The van der Waals surface area contributed by atoms with Crippen molar-refractivity contribution in [1.82, 2.24) is 10.3 Å². The second-order valence-corrected chi connectivity index (χ2v) is 5.97. The fraction of sp³-hybridized carbons (Fsp3) is 0.375. The molecule has 0 fully saturated rings. The third-order valence-electron chi connectivity index (χ3n) is 3.30. The topological polar surface area (TPSA) is 71.2 Å². The third kappa shape index (κ3) is 7.05. The van der Waals surface area contributed by atoms with Gasteiger partial charge in [0.05, 0.1) is 5.01 Å². The number of hydrogen-bond acceptors (Lipinski definition) is 5. The quantitative estimate of drug-likeness (QED) is 0.679. The minimum Gasteiger partial charge on any atom is -0.375 e. The third-order valence-corrected chi connectivity index (χ3v) is 4.20. The van der Waals surface area contributed by atoms with Crippen LogP contribution in [0.15, 0.2) is 35.7 Å². The molecule has 24 heavy (non-hydrogen) atoms. The minimum absolute atomic E-state index is 0. The Balaban J connectivity index is 0.00000264. The highest BCUT2D eigenvalue weighted by molar-refractivity contribution is 7.09. The van der Waals surface area contributed by atoms with Gasteiger partial charge in [0.25, 0.3) is 5.91 Å². The second kappa shape index (κ2) is 12.1. The molecule has 0 aliphatic carbocycles. The first-order chi connectivity index (χ1) is 10.7. The van der Waals surface area contributed by atoms with E-state index in [1.54, 1.807) is 5.38 Å². The Hall–Kier alpha value is -1.34. The molecule has 134 valence electrons. The number of amides is 1. The van der Waals surface area contributed by atoms with Gasteiger partial charge in [-0.1, -0.05) is 18.2 Å². The van der Waals surface area contributed by atoms with Gasteiger partial charge in [-0.15, -0.1) is 36.2 Å². The van der Waals surface area contributed by atoms with E-state index in [0.717, 1.165) is 24.4 Å². The van der Waals surface area contributed by atoms with Crippen LogP contribution in [0.4, 0.5) is 5.69 Å². The molecule has 0 aliphatic heterocycles. The SMILES string of the molecule is CN(CCCNC(=O)c1csc(CCN)n1)c1ccccc1.Cl.Cl. The predicted octanol–water partition coefficient (Wildman–Crippen LogP) is 2.74. The van der Waals surface area contributed by atoms with E-state index in [9.17, 15) is 4.79 Å². The number of nitrogens with two attached hydrogens (primary N) is 1. The first-order valence-corrected chi connectivity index (χ1v) is 8.27. The number of benzene rings is 1. The molecule has 1 amide bonds. The molecule has 2 aromatic rings. The first-order valence-electron chi connectivity index (χ1n) is 7.39. The lowest BCUT2D eigenvalue weighted by Crippen LogP contribution is -2.28. The first kappa shape index (κ1) is 22.7. The normalized spacial score (nSPS) is 9.58. The van der Waals surface area contributed by atoms with Gasteiger partial charge in [-0.2, -0.15) is 0 Å². The van der Waals surface area contributed by atoms with Crippen molar-refractivity contribution in [2.45, 2.75) is 12.8 Å². The number of rotatable bonds is 8. The molecular weight excluding hydrogens is 367 g/mol. The summed E-state index contributed by atoms with van der Waals surface area (Å²) >= 11 is 1.48. The van der Waals surface area contributed by atoms with Crippen LogP contribution in [0.25, 0.3) is 0 Å². The van der Waals surface area contributed by atoms with E-state index < -0.39 is 0 Å². The van der Waals surface area contributed by atoms with Gasteiger partial charge in [0.15, 0.2) is 0 Å². The summed E-state index contributed by atoms with van der Waals surface area (Å²) in [7, 11) is 2.05. The largest absolute Gasteiger partial charge is 0.375 e. The van der Waals surface area contributed by atoms with Crippen molar-refractivity contribution in [1.29, 1.82) is 0 Å². The number of para-hydroxylation sites is 1. The zero-order chi connectivity index (χ0) is 15.8. The average molecular weight is 391 g/mol. The smallest absolute Gasteiger partial charge is 0.270 e. The summed E-state index contributed by atoms with van der Waals surface area (Å²) in [6.45, 7) is 2.08. The van der Waals surface area contributed by atoms with E-state index >= 15 is 0 Å². The number of carbonyl (C=O) groups is 1. The number of nitrogens with one attached hydrogen (secondary N) is 1. The van der Waals surface area contributed by atoms with Gasteiger partial charge in [-0.3, -0.25) is 4.79 Å². The molecule has 0 spiro atoms. The molecule has 0 radical (unpaired) electrons. The number of thiazole rings is 1. The second-order valence-electron chi connectivity index (χ2n) is 5.03. The number of aromatic nitrogens is 1. The Morgan fingerprint density at radius 1 is 1.29 bits per heavy atom. The Labute approximate surface area is 159 Å². The summed E-state index contributed by atoms with van der Waals surface area (Å²) in [6, 6.07) is 10.2. The maximum atomic E-state index is 12.0. The van der Waals surface area contributed by atoms with E-state index in [-0.39, 0.29) is 30.7 Å². The Morgan fingerprint density at radius 3 is 2.67 bits per heavy atom. The van der Waals surface area contributed by atoms with Crippen molar-refractivity contribution in [2.75, 3.05) is 31.6 Å². The molecule has 0 unspecified atom stereocenters. The van der Waals surface area contributed by atoms with Crippen molar-refractivity contribution in [3.8, 4) is 0 Å². The standard InChI is InChI=1S/C16H22N4OS.2ClH/c1-20(13-6-3-2-4-7-13)11-5-10-18-16(21)14-12-22-15(19-14)8-9-17;;/h2-4,6-7,12H,5,8-11,17H2,1H3,(H,18,21);2*1H. The Morgan fingerprint density at radius 2 is 2.00 bits per heavy atom. The number of hydrogen-bond donors (Lipinski definition) is 2. The van der Waals surface area contributed by atoms with E-state index in [1.807, 2.05) is 18.2 Å². The molecule has 0 saturated heterocycles. The van der Waals surface area contributed by atoms with E-state index in [2.05, 4.69) is 34.4 Å². The van der Waals surface area contributed by atoms with Crippen LogP contribution in [-0.2, 0) is 6.42 Å². The van der Waals surface area contributed by atoms with Crippen LogP contribution in [0.3, 0.4) is 0 Å². The van der Waals surface area contributed by atoms with E-state index in [1.165, 1.54) is 17.0 Å². The molecule has 3 N–H and O–H groups in total. The Kier molecular flexibility index (Phi) is 11.4. The van der Waals surface area contributed by atoms with Crippen LogP contribution < -0.4 is 16.0 Å². The molecule has 2 rings (SSSR count). The van der Waals surface area contributed by atoms with Crippen molar-refractivity contribution in [3.05, 3.63) is 46.4 Å². The minimum atomic E-state index is -0.109. The van der Waals surface area contributed by atoms with Gasteiger partial charge in [-0.25, -0.2) is 4.98 Å². The summed E-state index contributed by atoms with van der Waals surface area (Å²) in [4.78, 5) is 18.4. The van der Waals surface area contributed by atoms with Gasteiger partial charge in [0.1, 0.15) is 5.69 Å². The Bertz CT molecular complexity index is 595. The zero-order valence-corrected chi connectivity index (χ0v) is 16.1. The lowest BCUT2D eigenvalue weighted by Gasteiger charge is -2.19. The number of anilines is 1. The molecule has 0 bridgehead atoms. The van der Waals surface area contributed by atoms with Crippen molar-refractivity contribution < 1.29 is 4.79 Å². The molecule has 1 aromatic carbocycles. The predicted molar refractivity (Wildman–Crippen MR) is 106 cm³/mol. The summed E-state index contributed by atoms with van der Waals surface area (Å²) in [5.41, 5.74) is 7.15. The van der Waals surface area contributed by atoms with E-state index in [4.69, 9.17) is 5.73 Å².